The Balaban J connectivity index is 2.73. The van der Waals surface area contributed by atoms with Crippen molar-refractivity contribution in [2.45, 2.75) is 39.2 Å². The zero-order chi connectivity index (χ0) is 14.1. The van der Waals surface area contributed by atoms with Gasteiger partial charge in [0.05, 0.1) is 13.7 Å². The standard InChI is InChI=1S/C16H23NO2/c1-4-6-7-10-19-16-12-13(11-14(17)5-2)8-9-15(16)18-3/h8-9,12,14H,5,7,10-11,17H2,1-3H3. The first kappa shape index (κ1) is 15.4. The highest BCUT2D eigenvalue weighted by molar-refractivity contribution is 5.43. The van der Waals surface area contributed by atoms with E-state index in [0.29, 0.717) is 6.61 Å². The zero-order valence-corrected chi connectivity index (χ0v) is 12.0. The summed E-state index contributed by atoms with van der Waals surface area (Å²) in [6, 6.07) is 6.16. The minimum Gasteiger partial charge on any atom is -0.493 e. The third-order valence-corrected chi connectivity index (χ3v) is 2.91. The van der Waals surface area contributed by atoms with Crippen LogP contribution in [0.2, 0.25) is 0 Å². The molecule has 1 atom stereocenters. The van der Waals surface area contributed by atoms with Gasteiger partial charge in [-0.05, 0) is 37.5 Å². The number of nitrogens with two attached hydrogens (primary N) is 1. The highest BCUT2D eigenvalue weighted by atomic mass is 16.5. The summed E-state index contributed by atoms with van der Waals surface area (Å²) >= 11 is 0. The van der Waals surface area contributed by atoms with Crippen molar-refractivity contribution in [1.29, 1.82) is 0 Å². The van der Waals surface area contributed by atoms with Crippen molar-refractivity contribution in [3.8, 4) is 23.3 Å². The van der Waals surface area contributed by atoms with Crippen molar-refractivity contribution >= 4 is 0 Å². The fraction of sp³-hybridized carbons (Fsp3) is 0.500. The van der Waals surface area contributed by atoms with Gasteiger partial charge in [-0.25, -0.2) is 0 Å². The topological polar surface area (TPSA) is 44.5 Å². The van der Waals surface area contributed by atoms with Gasteiger partial charge in [-0.2, -0.15) is 0 Å². The highest BCUT2D eigenvalue weighted by Crippen LogP contribution is 2.28. The number of hydrogen-bond acceptors (Lipinski definition) is 3. The molecule has 1 aromatic carbocycles. The van der Waals surface area contributed by atoms with Gasteiger partial charge in [0, 0.05) is 12.5 Å². The zero-order valence-electron chi connectivity index (χ0n) is 12.0. The molecular formula is C16H23NO2. The fourth-order valence-electron chi connectivity index (χ4n) is 1.74. The second-order valence-electron chi connectivity index (χ2n) is 4.38. The molecule has 3 nitrogen and oxygen atoms in total. The first-order valence-electron chi connectivity index (χ1n) is 6.66. The maximum absolute atomic E-state index is 5.97. The van der Waals surface area contributed by atoms with Gasteiger partial charge < -0.3 is 15.2 Å². The van der Waals surface area contributed by atoms with Crippen LogP contribution in [0.4, 0.5) is 0 Å². The number of benzene rings is 1. The average Bonchev–Trinajstić information content (AvgIpc) is 2.43. The molecule has 0 spiro atoms. The maximum Gasteiger partial charge on any atom is 0.161 e. The summed E-state index contributed by atoms with van der Waals surface area (Å²) in [7, 11) is 1.64. The van der Waals surface area contributed by atoms with Gasteiger partial charge >= 0.3 is 0 Å². The van der Waals surface area contributed by atoms with Crippen LogP contribution in [0.1, 0.15) is 32.3 Å². The Bertz CT molecular complexity index is 446. The van der Waals surface area contributed by atoms with Gasteiger partial charge in [-0.1, -0.05) is 13.0 Å². The number of methoxy groups -OCH3 is 1. The normalized spacial score (nSPS) is 11.4. The molecule has 0 aliphatic carbocycles. The molecule has 0 aliphatic rings. The van der Waals surface area contributed by atoms with Gasteiger partial charge in [0.15, 0.2) is 11.5 Å². The Hall–Kier alpha value is -1.66. The Morgan fingerprint density at radius 1 is 1.32 bits per heavy atom. The summed E-state index contributed by atoms with van der Waals surface area (Å²) in [5, 5.41) is 0. The molecule has 2 N–H and O–H groups in total. The average molecular weight is 261 g/mol. The lowest BCUT2D eigenvalue weighted by molar-refractivity contribution is 0.301. The molecule has 104 valence electrons. The molecule has 0 radical (unpaired) electrons. The van der Waals surface area contributed by atoms with Crippen LogP contribution < -0.4 is 15.2 Å². The van der Waals surface area contributed by atoms with E-state index < -0.39 is 0 Å². The predicted molar refractivity (Wildman–Crippen MR) is 78.5 cm³/mol. The van der Waals surface area contributed by atoms with Gasteiger partial charge in [-0.15, -0.1) is 11.8 Å². The minimum absolute atomic E-state index is 0.187. The van der Waals surface area contributed by atoms with Crippen LogP contribution in [0.15, 0.2) is 18.2 Å². The molecule has 0 aromatic heterocycles. The third-order valence-electron chi connectivity index (χ3n) is 2.91. The number of ether oxygens (including phenoxy) is 2. The SMILES string of the molecule is CC#CCCOc1cc(CC(N)CC)ccc1OC. The molecule has 0 bridgehead atoms. The maximum atomic E-state index is 5.97. The quantitative estimate of drug-likeness (QED) is 0.606. The van der Waals surface area contributed by atoms with Crippen LogP contribution >= 0.6 is 0 Å². The van der Waals surface area contributed by atoms with E-state index in [1.807, 2.05) is 25.1 Å². The van der Waals surface area contributed by atoms with Gasteiger partial charge in [0.1, 0.15) is 0 Å². The second kappa shape index (κ2) is 8.44. The van der Waals surface area contributed by atoms with E-state index in [2.05, 4.69) is 18.8 Å². The van der Waals surface area contributed by atoms with Crippen LogP contribution in [0, 0.1) is 11.8 Å². The third kappa shape index (κ3) is 5.23. The molecule has 0 aliphatic heterocycles. The first-order valence-corrected chi connectivity index (χ1v) is 6.66. The lowest BCUT2D eigenvalue weighted by Crippen LogP contribution is -2.21. The van der Waals surface area contributed by atoms with E-state index in [0.717, 1.165) is 30.8 Å². The predicted octanol–water partition coefficient (Wildman–Crippen LogP) is 2.77. The van der Waals surface area contributed by atoms with Crippen LogP contribution in [0.3, 0.4) is 0 Å². The molecule has 3 heteroatoms. The molecular weight excluding hydrogens is 238 g/mol. The van der Waals surface area contributed by atoms with Gasteiger partial charge in [0.2, 0.25) is 0 Å². The minimum atomic E-state index is 0.187. The smallest absolute Gasteiger partial charge is 0.161 e. The van der Waals surface area contributed by atoms with Crippen molar-refractivity contribution in [3.63, 3.8) is 0 Å². The summed E-state index contributed by atoms with van der Waals surface area (Å²) in [6.07, 6.45) is 2.54. The van der Waals surface area contributed by atoms with Crippen LogP contribution in [0.25, 0.3) is 0 Å². The molecule has 0 saturated heterocycles. The lowest BCUT2D eigenvalue weighted by atomic mass is 10.0. The fourth-order valence-corrected chi connectivity index (χ4v) is 1.74. The molecule has 0 amide bonds. The molecule has 1 rings (SSSR count). The van der Waals surface area contributed by atoms with Crippen molar-refractivity contribution in [2.75, 3.05) is 13.7 Å². The van der Waals surface area contributed by atoms with Gasteiger partial charge in [-0.3, -0.25) is 0 Å². The molecule has 19 heavy (non-hydrogen) atoms. The Morgan fingerprint density at radius 3 is 2.74 bits per heavy atom. The molecule has 1 aromatic rings. The molecule has 0 fully saturated rings. The van der Waals surface area contributed by atoms with E-state index in [1.165, 1.54) is 5.56 Å². The molecule has 1 unspecified atom stereocenters. The summed E-state index contributed by atoms with van der Waals surface area (Å²) in [6.45, 7) is 4.49. The summed E-state index contributed by atoms with van der Waals surface area (Å²) < 4.78 is 11.0. The Morgan fingerprint density at radius 2 is 2.11 bits per heavy atom. The number of hydrogen-bond donors (Lipinski definition) is 1. The van der Waals surface area contributed by atoms with Crippen LogP contribution in [-0.4, -0.2) is 19.8 Å². The Kier molecular flexibility index (Phi) is 6.84. The van der Waals surface area contributed by atoms with Gasteiger partial charge in [0.25, 0.3) is 0 Å². The van der Waals surface area contributed by atoms with Crippen molar-refractivity contribution < 1.29 is 9.47 Å². The van der Waals surface area contributed by atoms with Crippen molar-refractivity contribution in [2.24, 2.45) is 5.73 Å². The van der Waals surface area contributed by atoms with Crippen LogP contribution in [-0.2, 0) is 6.42 Å². The lowest BCUT2D eigenvalue weighted by Gasteiger charge is -2.13. The van der Waals surface area contributed by atoms with Crippen molar-refractivity contribution in [1.82, 2.24) is 0 Å². The highest BCUT2D eigenvalue weighted by Gasteiger charge is 2.08. The van der Waals surface area contributed by atoms with E-state index in [9.17, 15) is 0 Å². The monoisotopic (exact) mass is 261 g/mol. The van der Waals surface area contributed by atoms with E-state index >= 15 is 0 Å². The van der Waals surface area contributed by atoms with Crippen LogP contribution in [0.5, 0.6) is 11.5 Å². The van der Waals surface area contributed by atoms with E-state index in [-0.39, 0.29) is 6.04 Å². The van der Waals surface area contributed by atoms with E-state index in [1.54, 1.807) is 7.11 Å². The summed E-state index contributed by atoms with van der Waals surface area (Å²) in [4.78, 5) is 0. The summed E-state index contributed by atoms with van der Waals surface area (Å²) in [5.41, 5.74) is 7.15. The summed E-state index contributed by atoms with van der Waals surface area (Å²) in [5.74, 6) is 7.34. The second-order valence-corrected chi connectivity index (χ2v) is 4.38. The van der Waals surface area contributed by atoms with Crippen molar-refractivity contribution in [3.05, 3.63) is 23.8 Å². The number of rotatable bonds is 7. The largest absolute Gasteiger partial charge is 0.493 e. The molecule has 0 saturated carbocycles. The Labute approximate surface area is 116 Å². The first-order chi connectivity index (χ1) is 9.21. The molecule has 0 heterocycles. The van der Waals surface area contributed by atoms with E-state index in [4.69, 9.17) is 15.2 Å².